The minimum Gasteiger partial charge on any atom is -0.351 e. The van der Waals surface area contributed by atoms with Gasteiger partial charge in [0.2, 0.25) is 0 Å². The molecule has 0 aliphatic heterocycles. The second-order valence-corrected chi connectivity index (χ2v) is 5.73. The molecular formula is C22H18N2O. The quantitative estimate of drug-likeness (QED) is 0.567. The van der Waals surface area contributed by atoms with E-state index in [1.54, 1.807) is 6.08 Å². The Morgan fingerprint density at radius 2 is 1.68 bits per heavy atom. The first-order valence-electron chi connectivity index (χ1n) is 8.19. The van der Waals surface area contributed by atoms with Gasteiger partial charge < -0.3 is 5.32 Å². The first-order valence-corrected chi connectivity index (χ1v) is 8.19. The molecule has 0 saturated carbocycles. The highest BCUT2D eigenvalue weighted by molar-refractivity contribution is 6.04. The number of hydrogen-bond acceptors (Lipinski definition) is 2. The Morgan fingerprint density at radius 1 is 0.960 bits per heavy atom. The predicted molar refractivity (Wildman–Crippen MR) is 101 cm³/mol. The Kier molecular flexibility index (Phi) is 5.23. The van der Waals surface area contributed by atoms with E-state index in [9.17, 15) is 10.1 Å². The Bertz CT molecular complexity index is 947. The van der Waals surface area contributed by atoms with Crippen molar-refractivity contribution < 1.29 is 4.79 Å². The molecule has 1 amide bonds. The van der Waals surface area contributed by atoms with E-state index in [0.29, 0.717) is 6.54 Å². The largest absolute Gasteiger partial charge is 0.351 e. The van der Waals surface area contributed by atoms with E-state index in [2.05, 4.69) is 5.32 Å². The summed E-state index contributed by atoms with van der Waals surface area (Å²) in [5.41, 5.74) is 2.14. The summed E-state index contributed by atoms with van der Waals surface area (Å²) in [6, 6.07) is 25.7. The van der Waals surface area contributed by atoms with E-state index in [0.717, 1.165) is 28.3 Å². The number of hydrogen-bond donors (Lipinski definition) is 1. The molecular weight excluding hydrogens is 308 g/mol. The highest BCUT2D eigenvalue weighted by atomic mass is 16.1. The average Bonchev–Trinajstić information content (AvgIpc) is 2.67. The van der Waals surface area contributed by atoms with Gasteiger partial charge in [0.25, 0.3) is 5.91 Å². The van der Waals surface area contributed by atoms with Crippen molar-refractivity contribution in [2.24, 2.45) is 0 Å². The molecule has 0 unspecified atom stereocenters. The SMILES string of the molecule is N#C/C(=C/c1cccc2ccccc12)C(=O)NCCc1ccccc1. The molecule has 0 heterocycles. The lowest BCUT2D eigenvalue weighted by Gasteiger charge is -2.06. The van der Waals surface area contributed by atoms with Crippen molar-refractivity contribution in [3.05, 3.63) is 89.5 Å². The van der Waals surface area contributed by atoms with Gasteiger partial charge in [-0.3, -0.25) is 4.79 Å². The molecule has 3 aromatic carbocycles. The van der Waals surface area contributed by atoms with E-state index >= 15 is 0 Å². The van der Waals surface area contributed by atoms with Crippen LogP contribution in [0.4, 0.5) is 0 Å². The van der Waals surface area contributed by atoms with Gasteiger partial charge >= 0.3 is 0 Å². The number of rotatable bonds is 5. The fraction of sp³-hybridized carbons (Fsp3) is 0.0909. The van der Waals surface area contributed by atoms with Crippen LogP contribution in [0.25, 0.3) is 16.8 Å². The van der Waals surface area contributed by atoms with Crippen LogP contribution in [-0.2, 0) is 11.2 Å². The summed E-state index contributed by atoms with van der Waals surface area (Å²) < 4.78 is 0. The van der Waals surface area contributed by atoms with E-state index in [1.807, 2.05) is 78.9 Å². The Hall–Kier alpha value is -3.38. The molecule has 0 aliphatic carbocycles. The molecule has 0 fully saturated rings. The Balaban J connectivity index is 1.73. The maximum absolute atomic E-state index is 12.3. The molecule has 0 radical (unpaired) electrons. The van der Waals surface area contributed by atoms with Gasteiger partial charge in [0, 0.05) is 6.54 Å². The van der Waals surface area contributed by atoms with Crippen molar-refractivity contribution >= 4 is 22.8 Å². The third-order valence-electron chi connectivity index (χ3n) is 4.03. The lowest BCUT2D eigenvalue weighted by Crippen LogP contribution is -2.26. The monoisotopic (exact) mass is 326 g/mol. The fourth-order valence-electron chi connectivity index (χ4n) is 2.74. The number of fused-ring (bicyclic) bond motifs is 1. The topological polar surface area (TPSA) is 52.9 Å². The van der Waals surface area contributed by atoms with Crippen LogP contribution in [0.2, 0.25) is 0 Å². The summed E-state index contributed by atoms with van der Waals surface area (Å²) in [6.07, 6.45) is 2.39. The van der Waals surface area contributed by atoms with Gasteiger partial charge in [-0.05, 0) is 34.4 Å². The standard InChI is InChI=1S/C22H18N2O/c23-16-20(22(25)24-14-13-17-7-2-1-3-8-17)15-19-11-6-10-18-9-4-5-12-21(18)19/h1-12,15H,13-14H2,(H,24,25)/b20-15-. The third-order valence-corrected chi connectivity index (χ3v) is 4.03. The normalized spacial score (nSPS) is 11.1. The number of nitriles is 1. The summed E-state index contributed by atoms with van der Waals surface area (Å²) in [7, 11) is 0. The van der Waals surface area contributed by atoms with E-state index < -0.39 is 0 Å². The molecule has 0 saturated heterocycles. The van der Waals surface area contributed by atoms with Crippen LogP contribution in [-0.4, -0.2) is 12.5 Å². The molecule has 3 aromatic rings. The lowest BCUT2D eigenvalue weighted by molar-refractivity contribution is -0.117. The van der Waals surface area contributed by atoms with E-state index in [-0.39, 0.29) is 11.5 Å². The summed E-state index contributed by atoms with van der Waals surface area (Å²) >= 11 is 0. The first kappa shape index (κ1) is 16.5. The zero-order valence-electron chi connectivity index (χ0n) is 13.8. The maximum atomic E-state index is 12.3. The summed E-state index contributed by atoms with van der Waals surface area (Å²) in [5.74, 6) is -0.341. The lowest BCUT2D eigenvalue weighted by atomic mass is 10.0. The van der Waals surface area contributed by atoms with Gasteiger partial charge in [-0.1, -0.05) is 72.8 Å². The van der Waals surface area contributed by atoms with Crippen molar-refractivity contribution in [2.75, 3.05) is 6.54 Å². The predicted octanol–water partition coefficient (Wildman–Crippen LogP) is 4.11. The van der Waals surface area contributed by atoms with Gasteiger partial charge in [-0.25, -0.2) is 0 Å². The van der Waals surface area contributed by atoms with E-state index in [4.69, 9.17) is 0 Å². The van der Waals surface area contributed by atoms with Crippen LogP contribution in [0.3, 0.4) is 0 Å². The minimum absolute atomic E-state index is 0.115. The van der Waals surface area contributed by atoms with Crippen LogP contribution in [0.5, 0.6) is 0 Å². The molecule has 3 nitrogen and oxygen atoms in total. The number of benzene rings is 3. The maximum Gasteiger partial charge on any atom is 0.261 e. The highest BCUT2D eigenvalue weighted by Crippen LogP contribution is 2.20. The van der Waals surface area contributed by atoms with Gasteiger partial charge in [0.15, 0.2) is 0 Å². The zero-order chi connectivity index (χ0) is 17.5. The zero-order valence-corrected chi connectivity index (χ0v) is 13.8. The summed E-state index contributed by atoms with van der Waals surface area (Å²) in [4.78, 5) is 12.3. The molecule has 1 N–H and O–H groups in total. The first-order chi connectivity index (χ1) is 12.3. The molecule has 0 aliphatic rings. The molecule has 0 atom stereocenters. The van der Waals surface area contributed by atoms with Crippen LogP contribution in [0, 0.1) is 11.3 Å². The smallest absolute Gasteiger partial charge is 0.261 e. The molecule has 0 spiro atoms. The van der Waals surface area contributed by atoms with Crippen molar-refractivity contribution in [1.29, 1.82) is 5.26 Å². The van der Waals surface area contributed by atoms with Crippen molar-refractivity contribution in [2.45, 2.75) is 6.42 Å². The van der Waals surface area contributed by atoms with Crippen molar-refractivity contribution in [3.63, 3.8) is 0 Å². The minimum atomic E-state index is -0.341. The second-order valence-electron chi connectivity index (χ2n) is 5.73. The average molecular weight is 326 g/mol. The van der Waals surface area contributed by atoms with Gasteiger partial charge in [0.05, 0.1) is 0 Å². The van der Waals surface area contributed by atoms with E-state index in [1.165, 1.54) is 0 Å². The number of carbonyl (C=O) groups excluding carboxylic acids is 1. The second kappa shape index (κ2) is 7.94. The van der Waals surface area contributed by atoms with Gasteiger partial charge in [-0.2, -0.15) is 5.26 Å². The van der Waals surface area contributed by atoms with Crippen molar-refractivity contribution in [3.8, 4) is 6.07 Å². The van der Waals surface area contributed by atoms with Gasteiger partial charge in [-0.15, -0.1) is 0 Å². The van der Waals surface area contributed by atoms with Crippen LogP contribution in [0.15, 0.2) is 78.4 Å². The highest BCUT2D eigenvalue weighted by Gasteiger charge is 2.09. The number of carbonyl (C=O) groups is 1. The molecule has 3 rings (SSSR count). The fourth-order valence-corrected chi connectivity index (χ4v) is 2.74. The Morgan fingerprint density at radius 3 is 2.48 bits per heavy atom. The number of amides is 1. The van der Waals surface area contributed by atoms with Crippen LogP contribution >= 0.6 is 0 Å². The Labute approximate surface area is 147 Å². The molecule has 122 valence electrons. The van der Waals surface area contributed by atoms with Crippen molar-refractivity contribution in [1.82, 2.24) is 5.32 Å². The van der Waals surface area contributed by atoms with Crippen LogP contribution in [0.1, 0.15) is 11.1 Å². The third kappa shape index (κ3) is 4.13. The summed E-state index contributed by atoms with van der Waals surface area (Å²) in [6.45, 7) is 0.497. The van der Waals surface area contributed by atoms with Crippen LogP contribution < -0.4 is 5.32 Å². The molecule has 3 heteroatoms. The molecule has 25 heavy (non-hydrogen) atoms. The summed E-state index contributed by atoms with van der Waals surface area (Å²) in [5, 5.41) is 14.3. The molecule has 0 aromatic heterocycles. The number of nitrogens with zero attached hydrogens (tertiary/aromatic N) is 1. The number of nitrogens with one attached hydrogen (secondary N) is 1. The van der Waals surface area contributed by atoms with Gasteiger partial charge in [0.1, 0.15) is 11.6 Å². The molecule has 0 bridgehead atoms.